The SMILES string of the molecule is COc1ccc(CO[C@@H](C/C=C/COC2CCCCO2)[C@H](C[C@@H](C)CO[Si](C)(C)C(C)(C)C)O[Si](C)(C)C(C)(C)C)cc1. The maximum absolute atomic E-state index is 7.18. The number of rotatable bonds is 17. The molecule has 2 rings (SSSR count). The van der Waals surface area contributed by atoms with E-state index in [9.17, 15) is 0 Å². The number of hydrogen-bond donors (Lipinski definition) is 0. The summed E-state index contributed by atoms with van der Waals surface area (Å²) in [5, 5.41) is 0.277. The molecule has 1 unspecified atom stereocenters. The number of methoxy groups -OCH3 is 1. The molecule has 1 fully saturated rings. The summed E-state index contributed by atoms with van der Waals surface area (Å²) in [4.78, 5) is 0. The van der Waals surface area contributed by atoms with Crippen molar-refractivity contribution in [1.82, 2.24) is 0 Å². The second-order valence-electron chi connectivity index (χ2n) is 15.4. The summed E-state index contributed by atoms with van der Waals surface area (Å²) in [6.45, 7) is 28.0. The highest BCUT2D eigenvalue weighted by molar-refractivity contribution is 6.74. The van der Waals surface area contributed by atoms with Crippen LogP contribution in [0.5, 0.6) is 5.75 Å². The Morgan fingerprint density at radius 2 is 1.56 bits per heavy atom. The Kier molecular flexibility index (Phi) is 15.1. The van der Waals surface area contributed by atoms with Gasteiger partial charge < -0.3 is 27.8 Å². The van der Waals surface area contributed by atoms with Crippen molar-refractivity contribution in [3.63, 3.8) is 0 Å². The van der Waals surface area contributed by atoms with Gasteiger partial charge in [0.05, 0.1) is 32.5 Å². The van der Waals surface area contributed by atoms with Crippen molar-refractivity contribution in [1.29, 1.82) is 0 Å². The van der Waals surface area contributed by atoms with Gasteiger partial charge in [0.15, 0.2) is 22.9 Å². The van der Waals surface area contributed by atoms with E-state index in [0.717, 1.165) is 50.2 Å². The predicted octanol–water partition coefficient (Wildman–Crippen LogP) is 9.51. The average Bonchev–Trinajstić information content (AvgIpc) is 2.92. The molecule has 0 radical (unpaired) electrons. The van der Waals surface area contributed by atoms with Gasteiger partial charge >= 0.3 is 0 Å². The molecular formula is C35H64O6Si2. The Hall–Kier alpha value is -1.01. The smallest absolute Gasteiger partial charge is 0.192 e. The van der Waals surface area contributed by atoms with Crippen molar-refractivity contribution in [3.05, 3.63) is 42.0 Å². The Balaban J connectivity index is 2.23. The van der Waals surface area contributed by atoms with Gasteiger partial charge in [-0.05, 0) is 92.0 Å². The first-order chi connectivity index (χ1) is 19.9. The van der Waals surface area contributed by atoms with Gasteiger partial charge in [-0.25, -0.2) is 0 Å². The predicted molar refractivity (Wildman–Crippen MR) is 184 cm³/mol. The van der Waals surface area contributed by atoms with Crippen LogP contribution in [0.3, 0.4) is 0 Å². The summed E-state index contributed by atoms with van der Waals surface area (Å²) in [6, 6.07) is 8.12. The molecule has 0 saturated carbocycles. The second kappa shape index (κ2) is 17.1. The van der Waals surface area contributed by atoms with Crippen molar-refractivity contribution in [2.45, 2.75) is 142 Å². The van der Waals surface area contributed by atoms with Crippen molar-refractivity contribution in [2.24, 2.45) is 5.92 Å². The molecule has 8 heteroatoms. The molecule has 1 saturated heterocycles. The highest BCUT2D eigenvalue weighted by Gasteiger charge is 2.42. The third-order valence-electron chi connectivity index (χ3n) is 9.51. The van der Waals surface area contributed by atoms with Gasteiger partial charge in [0.25, 0.3) is 0 Å². The van der Waals surface area contributed by atoms with Crippen molar-refractivity contribution in [2.75, 3.05) is 26.9 Å². The fourth-order valence-corrected chi connectivity index (χ4v) is 6.91. The maximum Gasteiger partial charge on any atom is 0.192 e. The normalized spacial score (nSPS) is 19.4. The molecule has 1 aliphatic heterocycles. The Bertz CT molecular complexity index is 943. The van der Waals surface area contributed by atoms with Crippen LogP contribution in [0.15, 0.2) is 36.4 Å². The molecule has 0 aromatic heterocycles. The third kappa shape index (κ3) is 13.1. The standard InChI is InChI=1S/C35H64O6Si2/c1-28(26-40-42(9,10)34(2,3)4)25-32(41-43(11,12)35(5,6)7)31(39-27-29-19-21-30(36-8)22-20-29)17-13-15-23-37-33-18-14-16-24-38-33/h13,15,19-22,28,31-33H,14,16-18,23-27H2,1-12H3/b15-13+/t28-,31+,32+,33?/m1/s1. The number of ether oxygens (including phenoxy) is 4. The molecule has 248 valence electrons. The zero-order valence-corrected chi connectivity index (χ0v) is 31.6. The van der Waals surface area contributed by atoms with E-state index in [1.807, 2.05) is 12.1 Å². The van der Waals surface area contributed by atoms with Gasteiger partial charge in [-0.3, -0.25) is 0 Å². The zero-order chi connectivity index (χ0) is 32.3. The molecule has 0 bridgehead atoms. The molecular weight excluding hydrogens is 573 g/mol. The van der Waals surface area contributed by atoms with Crippen LogP contribution in [-0.4, -0.2) is 62.1 Å². The molecule has 1 aliphatic rings. The summed E-state index contributed by atoms with van der Waals surface area (Å²) in [5.74, 6) is 1.19. The summed E-state index contributed by atoms with van der Waals surface area (Å²) in [7, 11) is -2.23. The minimum absolute atomic E-state index is 0.0515. The monoisotopic (exact) mass is 636 g/mol. The summed E-state index contributed by atoms with van der Waals surface area (Å²) in [5.41, 5.74) is 1.12. The highest BCUT2D eigenvalue weighted by atomic mass is 28.4. The van der Waals surface area contributed by atoms with E-state index in [-0.39, 0.29) is 28.6 Å². The summed E-state index contributed by atoms with van der Waals surface area (Å²) >= 11 is 0. The topological polar surface area (TPSA) is 55.4 Å². The second-order valence-corrected chi connectivity index (χ2v) is 24.9. The lowest BCUT2D eigenvalue weighted by Crippen LogP contribution is -2.48. The first-order valence-electron chi connectivity index (χ1n) is 16.4. The molecule has 0 aliphatic carbocycles. The molecule has 1 heterocycles. The summed E-state index contributed by atoms with van der Waals surface area (Å²) in [6.07, 6.45) is 8.95. The van der Waals surface area contributed by atoms with Crippen molar-refractivity contribution < 1.29 is 27.8 Å². The molecule has 0 amide bonds. The van der Waals surface area contributed by atoms with E-state index in [0.29, 0.717) is 19.1 Å². The molecule has 4 atom stereocenters. The van der Waals surface area contributed by atoms with Gasteiger partial charge in [0.1, 0.15) is 5.75 Å². The minimum atomic E-state index is -2.08. The van der Waals surface area contributed by atoms with Gasteiger partial charge in [-0.15, -0.1) is 0 Å². The van der Waals surface area contributed by atoms with E-state index in [4.69, 9.17) is 27.8 Å². The lowest BCUT2D eigenvalue weighted by atomic mass is 9.99. The van der Waals surface area contributed by atoms with Crippen molar-refractivity contribution >= 4 is 16.6 Å². The van der Waals surface area contributed by atoms with E-state index >= 15 is 0 Å². The third-order valence-corrected chi connectivity index (χ3v) is 18.5. The molecule has 0 N–H and O–H groups in total. The Morgan fingerprint density at radius 1 is 0.907 bits per heavy atom. The Labute approximate surface area is 266 Å². The number of benzene rings is 1. The van der Waals surface area contributed by atoms with E-state index in [1.165, 1.54) is 6.42 Å². The zero-order valence-electron chi connectivity index (χ0n) is 29.6. The van der Waals surface area contributed by atoms with E-state index < -0.39 is 16.6 Å². The summed E-state index contributed by atoms with van der Waals surface area (Å²) < 4.78 is 37.6. The first-order valence-corrected chi connectivity index (χ1v) is 22.2. The van der Waals surface area contributed by atoms with Gasteiger partial charge in [-0.2, -0.15) is 0 Å². The molecule has 6 nitrogen and oxygen atoms in total. The van der Waals surface area contributed by atoms with Crippen LogP contribution in [0.2, 0.25) is 36.3 Å². The Morgan fingerprint density at radius 3 is 2.12 bits per heavy atom. The fraction of sp³-hybridized carbons (Fsp3) is 0.771. The highest BCUT2D eigenvalue weighted by Crippen LogP contribution is 2.40. The van der Waals surface area contributed by atoms with Gasteiger partial charge in [0.2, 0.25) is 0 Å². The van der Waals surface area contributed by atoms with E-state index in [1.54, 1.807) is 7.11 Å². The lowest BCUT2D eigenvalue weighted by Gasteiger charge is -2.42. The van der Waals surface area contributed by atoms with Crippen LogP contribution >= 0.6 is 0 Å². The maximum atomic E-state index is 7.18. The van der Waals surface area contributed by atoms with Crippen LogP contribution in [0.1, 0.15) is 86.1 Å². The molecule has 1 aromatic rings. The minimum Gasteiger partial charge on any atom is -0.497 e. The van der Waals surface area contributed by atoms with Crippen LogP contribution < -0.4 is 4.74 Å². The van der Waals surface area contributed by atoms with Crippen LogP contribution in [0, 0.1) is 5.92 Å². The van der Waals surface area contributed by atoms with Crippen molar-refractivity contribution in [3.8, 4) is 5.75 Å². The quantitative estimate of drug-likeness (QED) is 0.125. The van der Waals surface area contributed by atoms with Crippen LogP contribution in [0.25, 0.3) is 0 Å². The van der Waals surface area contributed by atoms with Gasteiger partial charge in [0, 0.05) is 13.2 Å². The van der Waals surface area contributed by atoms with E-state index in [2.05, 4.69) is 98.9 Å². The van der Waals surface area contributed by atoms with Gasteiger partial charge in [-0.1, -0.05) is 72.8 Å². The van der Waals surface area contributed by atoms with Crippen LogP contribution in [0.4, 0.5) is 0 Å². The first kappa shape index (κ1) is 38.2. The van der Waals surface area contributed by atoms with Crippen LogP contribution in [-0.2, 0) is 29.7 Å². The average molecular weight is 637 g/mol. The molecule has 1 aromatic carbocycles. The fourth-order valence-electron chi connectivity index (χ4n) is 4.42. The lowest BCUT2D eigenvalue weighted by molar-refractivity contribution is -0.155. The largest absolute Gasteiger partial charge is 0.497 e. The number of hydrogen-bond acceptors (Lipinski definition) is 6. The molecule has 0 spiro atoms. The molecule has 43 heavy (non-hydrogen) atoms.